The number of allylic oxidation sites excluding steroid dienone is 2. The number of hydrogen-bond donors (Lipinski definition) is 1. The topological polar surface area (TPSA) is 29.5 Å². The van der Waals surface area contributed by atoms with Gasteiger partial charge in [0, 0.05) is 17.4 Å². The third-order valence-electron chi connectivity index (χ3n) is 5.82. The zero-order valence-corrected chi connectivity index (χ0v) is 15.1. The van der Waals surface area contributed by atoms with E-state index in [0.717, 1.165) is 37.0 Å². The van der Waals surface area contributed by atoms with Crippen LogP contribution in [0.1, 0.15) is 83.3 Å². The van der Waals surface area contributed by atoms with Crippen LogP contribution in [0, 0.1) is 5.92 Å². The fraction of sp³-hybridized carbons (Fsp3) is 0.619. The summed E-state index contributed by atoms with van der Waals surface area (Å²) in [4.78, 5) is 0. The number of benzene rings is 1. The van der Waals surface area contributed by atoms with E-state index in [9.17, 15) is 5.11 Å². The molecular weight excluding hydrogens is 284 g/mol. The van der Waals surface area contributed by atoms with Gasteiger partial charge in [0.25, 0.3) is 0 Å². The summed E-state index contributed by atoms with van der Waals surface area (Å²) in [7, 11) is 0. The molecular formula is C21H30O2. The number of ether oxygens (including phenoxy) is 1. The summed E-state index contributed by atoms with van der Waals surface area (Å²) in [6.45, 7) is 11.0. The summed E-state index contributed by atoms with van der Waals surface area (Å²) in [5, 5.41) is 10.8. The Balaban J connectivity index is 2.06. The number of phenolic OH excluding ortho intramolecular Hbond substituents is 1. The monoisotopic (exact) mass is 314 g/mol. The van der Waals surface area contributed by atoms with E-state index in [1.54, 1.807) is 0 Å². The summed E-state index contributed by atoms with van der Waals surface area (Å²) in [5.41, 5.74) is 3.47. The predicted octanol–water partition coefficient (Wildman–Crippen LogP) is 5.91. The van der Waals surface area contributed by atoms with Gasteiger partial charge >= 0.3 is 0 Å². The smallest absolute Gasteiger partial charge is 0.127 e. The van der Waals surface area contributed by atoms with Gasteiger partial charge in [0.1, 0.15) is 17.1 Å². The SMILES string of the molecule is CCCC(C)c1cc(O)c2c(c1)OC(C)(C)[C@H]1CC=C(C)C[C@H]21. The Morgan fingerprint density at radius 3 is 2.78 bits per heavy atom. The molecule has 1 aromatic rings. The van der Waals surface area contributed by atoms with Crippen molar-refractivity contribution in [3.63, 3.8) is 0 Å². The van der Waals surface area contributed by atoms with Crippen molar-refractivity contribution >= 4 is 0 Å². The van der Waals surface area contributed by atoms with Crippen molar-refractivity contribution in [1.82, 2.24) is 0 Å². The van der Waals surface area contributed by atoms with Gasteiger partial charge in [-0.05, 0) is 63.6 Å². The highest BCUT2D eigenvalue weighted by Crippen LogP contribution is 2.54. The Labute approximate surface area is 140 Å². The molecule has 2 aliphatic rings. The van der Waals surface area contributed by atoms with Crippen LogP contribution in [-0.4, -0.2) is 10.7 Å². The summed E-state index contributed by atoms with van der Waals surface area (Å²) >= 11 is 0. The maximum Gasteiger partial charge on any atom is 0.127 e. The van der Waals surface area contributed by atoms with E-state index in [0.29, 0.717) is 23.5 Å². The summed E-state index contributed by atoms with van der Waals surface area (Å²) in [6.07, 6.45) is 6.69. The maximum atomic E-state index is 10.8. The molecule has 3 atom stereocenters. The summed E-state index contributed by atoms with van der Waals surface area (Å²) in [6, 6.07) is 4.16. The van der Waals surface area contributed by atoms with Gasteiger partial charge in [0.05, 0.1) is 0 Å². The summed E-state index contributed by atoms with van der Waals surface area (Å²) < 4.78 is 6.38. The van der Waals surface area contributed by atoms with Crippen molar-refractivity contribution in [1.29, 1.82) is 0 Å². The van der Waals surface area contributed by atoms with E-state index < -0.39 is 0 Å². The molecule has 3 rings (SSSR count). The largest absolute Gasteiger partial charge is 0.508 e. The van der Waals surface area contributed by atoms with Crippen LogP contribution < -0.4 is 4.74 Å². The van der Waals surface area contributed by atoms with Gasteiger partial charge in [-0.25, -0.2) is 0 Å². The first-order valence-corrected chi connectivity index (χ1v) is 9.05. The highest BCUT2D eigenvalue weighted by Gasteiger charge is 2.45. The molecule has 1 N–H and O–H groups in total. The van der Waals surface area contributed by atoms with Crippen LogP contribution >= 0.6 is 0 Å². The van der Waals surface area contributed by atoms with E-state index in [4.69, 9.17) is 4.74 Å². The first-order valence-electron chi connectivity index (χ1n) is 9.05. The van der Waals surface area contributed by atoms with E-state index in [2.05, 4.69) is 46.8 Å². The molecule has 1 aliphatic heterocycles. The molecule has 2 nitrogen and oxygen atoms in total. The maximum absolute atomic E-state index is 10.8. The number of fused-ring (bicyclic) bond motifs is 3. The molecule has 2 heteroatoms. The lowest BCUT2D eigenvalue weighted by atomic mass is 9.67. The van der Waals surface area contributed by atoms with Gasteiger partial charge in [-0.1, -0.05) is 31.9 Å². The van der Waals surface area contributed by atoms with Crippen LogP contribution in [0.2, 0.25) is 0 Å². The van der Waals surface area contributed by atoms with E-state index in [-0.39, 0.29) is 5.60 Å². The van der Waals surface area contributed by atoms with Crippen molar-refractivity contribution in [3.8, 4) is 11.5 Å². The van der Waals surface area contributed by atoms with Crippen LogP contribution in [0.25, 0.3) is 0 Å². The van der Waals surface area contributed by atoms with Gasteiger partial charge in [-0.2, -0.15) is 0 Å². The van der Waals surface area contributed by atoms with Crippen LogP contribution in [-0.2, 0) is 0 Å². The highest BCUT2D eigenvalue weighted by molar-refractivity contribution is 5.53. The fourth-order valence-corrected chi connectivity index (χ4v) is 4.47. The fourth-order valence-electron chi connectivity index (χ4n) is 4.47. The van der Waals surface area contributed by atoms with Crippen molar-refractivity contribution in [2.45, 2.75) is 77.7 Å². The molecule has 0 amide bonds. The van der Waals surface area contributed by atoms with Crippen LogP contribution in [0.4, 0.5) is 0 Å². The molecule has 1 aliphatic carbocycles. The minimum Gasteiger partial charge on any atom is -0.508 e. The standard InChI is InChI=1S/C21H30O2/c1-6-7-14(3)15-11-18(22)20-16-10-13(2)8-9-17(16)21(4,5)23-19(20)12-15/h8,11-12,14,16-17,22H,6-7,9-10H2,1-5H3/t14?,16-,17-/m0/s1. The molecule has 0 spiro atoms. The van der Waals surface area contributed by atoms with Gasteiger partial charge < -0.3 is 9.84 Å². The highest BCUT2D eigenvalue weighted by atomic mass is 16.5. The van der Waals surface area contributed by atoms with Crippen molar-refractivity contribution < 1.29 is 9.84 Å². The zero-order valence-electron chi connectivity index (χ0n) is 15.1. The van der Waals surface area contributed by atoms with Crippen molar-refractivity contribution in [3.05, 3.63) is 34.9 Å². The average molecular weight is 314 g/mol. The number of aromatic hydroxyl groups is 1. The second-order valence-corrected chi connectivity index (χ2v) is 8.05. The first kappa shape index (κ1) is 16.4. The van der Waals surface area contributed by atoms with E-state index in [1.807, 2.05) is 6.07 Å². The van der Waals surface area contributed by atoms with Crippen molar-refractivity contribution in [2.75, 3.05) is 0 Å². The second kappa shape index (κ2) is 5.89. The second-order valence-electron chi connectivity index (χ2n) is 8.05. The molecule has 1 heterocycles. The Kier molecular flexibility index (Phi) is 4.20. The number of phenols is 1. The number of rotatable bonds is 3. The Hall–Kier alpha value is -1.44. The first-order chi connectivity index (χ1) is 10.8. The van der Waals surface area contributed by atoms with Crippen molar-refractivity contribution in [2.24, 2.45) is 5.92 Å². The Morgan fingerprint density at radius 1 is 1.35 bits per heavy atom. The molecule has 23 heavy (non-hydrogen) atoms. The molecule has 0 aromatic heterocycles. The minimum absolute atomic E-state index is 0.187. The van der Waals surface area contributed by atoms with Crippen LogP contribution in [0.3, 0.4) is 0 Å². The third-order valence-corrected chi connectivity index (χ3v) is 5.82. The molecule has 126 valence electrons. The lowest BCUT2D eigenvalue weighted by Crippen LogP contribution is -2.45. The minimum atomic E-state index is -0.187. The van der Waals surface area contributed by atoms with Gasteiger partial charge in [-0.15, -0.1) is 0 Å². The lowest BCUT2D eigenvalue weighted by molar-refractivity contribution is 0.00749. The molecule has 1 aromatic carbocycles. The zero-order chi connectivity index (χ0) is 16.8. The molecule has 0 fully saturated rings. The Morgan fingerprint density at radius 2 is 2.09 bits per heavy atom. The van der Waals surface area contributed by atoms with E-state index in [1.165, 1.54) is 11.1 Å². The van der Waals surface area contributed by atoms with Gasteiger partial charge in [0.15, 0.2) is 0 Å². The summed E-state index contributed by atoms with van der Waals surface area (Å²) in [5.74, 6) is 2.59. The predicted molar refractivity (Wildman–Crippen MR) is 95.4 cm³/mol. The molecule has 0 saturated carbocycles. The molecule has 0 bridgehead atoms. The van der Waals surface area contributed by atoms with Gasteiger partial charge in [-0.3, -0.25) is 0 Å². The lowest BCUT2D eigenvalue weighted by Gasteiger charge is -2.47. The van der Waals surface area contributed by atoms with Gasteiger partial charge in [0.2, 0.25) is 0 Å². The average Bonchev–Trinajstić information content (AvgIpc) is 2.45. The molecule has 0 radical (unpaired) electrons. The van der Waals surface area contributed by atoms with E-state index >= 15 is 0 Å². The quantitative estimate of drug-likeness (QED) is 0.703. The molecule has 0 saturated heterocycles. The third kappa shape index (κ3) is 2.88. The Bertz CT molecular complexity index is 627. The van der Waals surface area contributed by atoms with Crippen LogP contribution in [0.5, 0.6) is 11.5 Å². The van der Waals surface area contributed by atoms with Crippen LogP contribution in [0.15, 0.2) is 23.8 Å². The number of hydrogen-bond acceptors (Lipinski definition) is 2. The molecule has 1 unspecified atom stereocenters. The normalized spacial score (nSPS) is 26.6.